The van der Waals surface area contributed by atoms with Crippen LogP contribution in [-0.2, 0) is 4.79 Å². The second-order valence-electron chi connectivity index (χ2n) is 10.8. The van der Waals surface area contributed by atoms with Crippen molar-refractivity contribution < 1.29 is 23.0 Å². The molecule has 1 atom stereocenters. The molecule has 0 unspecified atom stereocenters. The van der Waals surface area contributed by atoms with Crippen LogP contribution in [0.2, 0.25) is 0 Å². The molecule has 6 rings (SSSR count). The van der Waals surface area contributed by atoms with Crippen molar-refractivity contribution in [1.82, 2.24) is 19.9 Å². The van der Waals surface area contributed by atoms with E-state index in [9.17, 15) is 9.18 Å². The van der Waals surface area contributed by atoms with Gasteiger partial charge in [-0.25, -0.2) is 23.7 Å². The number of hydrogen-bond acceptors (Lipinski definition) is 9. The molecule has 2 saturated heterocycles. The molecule has 12 heteroatoms. The van der Waals surface area contributed by atoms with Gasteiger partial charge in [0.2, 0.25) is 5.91 Å². The largest absolute Gasteiger partial charge is 0.495 e. The molecule has 2 N–H and O–H groups in total. The van der Waals surface area contributed by atoms with Crippen LogP contribution in [0, 0.1) is 5.82 Å². The van der Waals surface area contributed by atoms with E-state index in [2.05, 4.69) is 32.2 Å². The Morgan fingerprint density at radius 2 is 1.84 bits per heavy atom. The maximum absolute atomic E-state index is 15.3. The SMILES string of the molecule is C=CC(=O)N1CCC(Nc2cc3c(Nc4ccc(Oc5ccnc(N6CC[C@H](F)C6)c5)cc4F)ncnc3cc2OC)CC1. The molecule has 0 saturated carbocycles. The predicted molar refractivity (Wildman–Crippen MR) is 165 cm³/mol. The summed E-state index contributed by atoms with van der Waals surface area (Å²) in [6.45, 7) is 5.72. The lowest BCUT2D eigenvalue weighted by atomic mass is 10.0. The number of fused-ring (bicyclic) bond motifs is 1. The summed E-state index contributed by atoms with van der Waals surface area (Å²) in [5.41, 5.74) is 1.59. The number of piperidine rings is 1. The van der Waals surface area contributed by atoms with E-state index in [1.54, 1.807) is 42.5 Å². The Balaban J connectivity index is 1.18. The van der Waals surface area contributed by atoms with E-state index in [4.69, 9.17) is 9.47 Å². The first kappa shape index (κ1) is 29.1. The summed E-state index contributed by atoms with van der Waals surface area (Å²) in [6, 6.07) is 11.8. The van der Waals surface area contributed by atoms with Gasteiger partial charge in [0.15, 0.2) is 0 Å². The lowest BCUT2D eigenvalue weighted by Gasteiger charge is -2.32. The molecule has 0 bridgehead atoms. The van der Waals surface area contributed by atoms with Crippen LogP contribution in [0.15, 0.2) is 67.6 Å². The lowest BCUT2D eigenvalue weighted by molar-refractivity contribution is -0.126. The zero-order valence-electron chi connectivity index (χ0n) is 24.3. The van der Waals surface area contributed by atoms with Gasteiger partial charge in [0.1, 0.15) is 47.2 Å². The number of aromatic nitrogens is 3. The molecule has 1 amide bonds. The number of nitrogens with zero attached hydrogens (tertiary/aromatic N) is 5. The Bertz CT molecular complexity index is 1680. The second-order valence-corrected chi connectivity index (χ2v) is 10.8. The van der Waals surface area contributed by atoms with Crippen LogP contribution in [0.5, 0.6) is 17.2 Å². The number of halogens is 2. The number of methoxy groups -OCH3 is 1. The molecule has 2 aliphatic heterocycles. The summed E-state index contributed by atoms with van der Waals surface area (Å²) in [5.74, 6) is 1.86. The molecule has 0 aliphatic carbocycles. The summed E-state index contributed by atoms with van der Waals surface area (Å²) in [6.07, 6.45) is 5.48. The van der Waals surface area contributed by atoms with Gasteiger partial charge in [-0.1, -0.05) is 6.58 Å². The molecule has 2 aromatic heterocycles. The van der Waals surface area contributed by atoms with E-state index in [1.165, 1.54) is 18.5 Å². The van der Waals surface area contributed by atoms with Crippen molar-refractivity contribution in [2.45, 2.75) is 31.5 Å². The Labute approximate surface area is 253 Å². The van der Waals surface area contributed by atoms with Crippen LogP contribution < -0.4 is 25.0 Å². The Hall–Kier alpha value is -5.00. The lowest BCUT2D eigenvalue weighted by Crippen LogP contribution is -2.41. The van der Waals surface area contributed by atoms with Crippen molar-refractivity contribution >= 4 is 39.8 Å². The number of likely N-dealkylation sites (tertiary alicyclic amines) is 1. The minimum absolute atomic E-state index is 0.0621. The Morgan fingerprint density at radius 3 is 2.57 bits per heavy atom. The third-order valence-electron chi connectivity index (χ3n) is 7.90. The molecule has 4 aromatic rings. The van der Waals surface area contributed by atoms with E-state index in [0.717, 1.165) is 18.5 Å². The van der Waals surface area contributed by atoms with Crippen molar-refractivity contribution in [2.24, 2.45) is 0 Å². The normalized spacial score (nSPS) is 17.0. The molecule has 2 aliphatic rings. The van der Waals surface area contributed by atoms with Crippen molar-refractivity contribution in [3.8, 4) is 17.2 Å². The Kier molecular flexibility index (Phi) is 8.40. The van der Waals surface area contributed by atoms with Gasteiger partial charge in [-0.2, -0.15) is 0 Å². The van der Waals surface area contributed by atoms with Crippen LogP contribution >= 0.6 is 0 Å². The average molecular weight is 602 g/mol. The molecule has 10 nitrogen and oxygen atoms in total. The van der Waals surface area contributed by atoms with Crippen molar-refractivity contribution in [1.29, 1.82) is 0 Å². The average Bonchev–Trinajstić information content (AvgIpc) is 3.48. The number of rotatable bonds is 9. The van der Waals surface area contributed by atoms with Gasteiger partial charge < -0.3 is 29.9 Å². The maximum Gasteiger partial charge on any atom is 0.245 e. The molecule has 2 aromatic carbocycles. The number of carbonyl (C=O) groups excluding carboxylic acids is 1. The van der Waals surface area contributed by atoms with Crippen LogP contribution in [0.3, 0.4) is 0 Å². The van der Waals surface area contributed by atoms with Crippen LogP contribution in [0.1, 0.15) is 19.3 Å². The fraction of sp³-hybridized carbons (Fsp3) is 0.312. The van der Waals surface area contributed by atoms with E-state index < -0.39 is 12.0 Å². The zero-order valence-corrected chi connectivity index (χ0v) is 24.3. The highest BCUT2D eigenvalue weighted by atomic mass is 19.1. The van der Waals surface area contributed by atoms with Gasteiger partial charge in [0.25, 0.3) is 0 Å². The summed E-state index contributed by atoms with van der Waals surface area (Å²) >= 11 is 0. The number of hydrogen-bond donors (Lipinski definition) is 2. The van der Waals surface area contributed by atoms with Crippen LogP contribution in [0.4, 0.5) is 31.8 Å². The molecule has 4 heterocycles. The highest BCUT2D eigenvalue weighted by Gasteiger charge is 2.24. The highest BCUT2D eigenvalue weighted by molar-refractivity contribution is 5.95. The first-order valence-electron chi connectivity index (χ1n) is 14.5. The third kappa shape index (κ3) is 6.34. The van der Waals surface area contributed by atoms with E-state index in [0.29, 0.717) is 72.4 Å². The van der Waals surface area contributed by atoms with Gasteiger partial charge in [0, 0.05) is 55.5 Å². The van der Waals surface area contributed by atoms with E-state index in [1.807, 2.05) is 17.0 Å². The number of ether oxygens (including phenoxy) is 2. The number of amides is 1. The highest BCUT2D eigenvalue weighted by Crippen LogP contribution is 2.35. The minimum Gasteiger partial charge on any atom is -0.495 e. The summed E-state index contributed by atoms with van der Waals surface area (Å²) in [7, 11) is 1.59. The van der Waals surface area contributed by atoms with Gasteiger partial charge in [-0.05, 0) is 49.6 Å². The topological polar surface area (TPSA) is 105 Å². The standard InChI is InChI=1S/C32H33F2N7O3/c1-3-31(42)40-12-8-21(9-13-40)38-28-16-24-27(17-29(28)43-2)36-19-37-32(24)39-26-5-4-22(14-25(26)34)44-23-6-10-35-30(15-23)41-11-7-20(33)18-41/h3-6,10,14-17,19-21,38H,1,7-9,11-13,18H2,2H3,(H,36,37,39)/t20-/m0/s1. The number of pyridine rings is 1. The molecular formula is C32H33F2N7O3. The summed E-state index contributed by atoms with van der Waals surface area (Å²) in [4.78, 5) is 28.7. The van der Waals surface area contributed by atoms with Crippen molar-refractivity contribution in [2.75, 3.05) is 48.8 Å². The first-order chi connectivity index (χ1) is 21.4. The fourth-order valence-electron chi connectivity index (χ4n) is 5.54. The number of benzene rings is 2. The predicted octanol–water partition coefficient (Wildman–Crippen LogP) is 5.85. The maximum atomic E-state index is 15.3. The van der Waals surface area contributed by atoms with Gasteiger partial charge in [-0.3, -0.25) is 4.79 Å². The first-order valence-corrected chi connectivity index (χ1v) is 14.5. The van der Waals surface area contributed by atoms with Crippen LogP contribution in [-0.4, -0.2) is 71.3 Å². The smallest absolute Gasteiger partial charge is 0.245 e. The molecule has 2 fully saturated rings. The van der Waals surface area contributed by atoms with Crippen LogP contribution in [0.25, 0.3) is 10.9 Å². The number of anilines is 4. The fourth-order valence-corrected chi connectivity index (χ4v) is 5.54. The van der Waals surface area contributed by atoms with Gasteiger partial charge in [-0.15, -0.1) is 0 Å². The quantitative estimate of drug-likeness (QED) is 0.229. The molecule has 0 radical (unpaired) electrons. The zero-order chi connectivity index (χ0) is 30.6. The van der Waals surface area contributed by atoms with Crippen molar-refractivity contribution in [3.05, 3.63) is 73.5 Å². The Morgan fingerprint density at radius 1 is 1.02 bits per heavy atom. The molecule has 0 spiro atoms. The summed E-state index contributed by atoms with van der Waals surface area (Å²) in [5, 5.41) is 7.31. The number of alkyl halides is 1. The molecule has 228 valence electrons. The molecule has 44 heavy (non-hydrogen) atoms. The van der Waals surface area contributed by atoms with E-state index >= 15 is 4.39 Å². The van der Waals surface area contributed by atoms with Gasteiger partial charge in [0.05, 0.1) is 30.5 Å². The number of carbonyl (C=O) groups is 1. The molecular weight excluding hydrogens is 568 g/mol. The second kappa shape index (κ2) is 12.7. The minimum atomic E-state index is -0.869. The summed E-state index contributed by atoms with van der Waals surface area (Å²) < 4.78 is 40.5. The van der Waals surface area contributed by atoms with Crippen molar-refractivity contribution in [3.63, 3.8) is 0 Å². The van der Waals surface area contributed by atoms with E-state index in [-0.39, 0.29) is 17.6 Å². The monoisotopic (exact) mass is 601 g/mol. The number of nitrogens with one attached hydrogen (secondary N) is 2. The third-order valence-corrected chi connectivity index (χ3v) is 7.90. The van der Waals surface area contributed by atoms with Gasteiger partial charge >= 0.3 is 0 Å².